The van der Waals surface area contributed by atoms with Crippen LogP contribution < -0.4 is 9.47 Å². The van der Waals surface area contributed by atoms with Crippen molar-refractivity contribution in [2.24, 2.45) is 0 Å². The molecule has 1 N–H and O–H groups in total. The number of ether oxygens (including phenoxy) is 2. The number of hydrogen-bond acceptors (Lipinski definition) is 3. The number of fused-ring (bicyclic) bond motifs is 2. The Morgan fingerprint density at radius 2 is 1.87 bits per heavy atom. The SMILES string of the molecule is Cc1cccc(C)c1-c1ccc2c(c1)C(Oc1ccc3c(c1)OC[C@H]3CC(=O)O)CC2. The van der Waals surface area contributed by atoms with Gasteiger partial charge in [0, 0.05) is 17.5 Å². The van der Waals surface area contributed by atoms with Gasteiger partial charge in [0.25, 0.3) is 0 Å². The molecule has 1 unspecified atom stereocenters. The van der Waals surface area contributed by atoms with E-state index in [1.165, 1.54) is 33.4 Å². The van der Waals surface area contributed by atoms with E-state index in [2.05, 4.69) is 50.2 Å². The van der Waals surface area contributed by atoms with Gasteiger partial charge in [-0.05, 0) is 72.2 Å². The zero-order chi connectivity index (χ0) is 21.5. The first-order valence-electron chi connectivity index (χ1n) is 10.8. The van der Waals surface area contributed by atoms with E-state index in [1.807, 2.05) is 18.2 Å². The van der Waals surface area contributed by atoms with Crippen LogP contribution in [0, 0.1) is 13.8 Å². The molecule has 0 radical (unpaired) electrons. The monoisotopic (exact) mass is 414 g/mol. The number of carboxylic acids is 1. The predicted molar refractivity (Wildman–Crippen MR) is 120 cm³/mol. The second-order valence-electron chi connectivity index (χ2n) is 8.63. The summed E-state index contributed by atoms with van der Waals surface area (Å²) in [6, 6.07) is 19.0. The molecule has 0 fully saturated rings. The zero-order valence-electron chi connectivity index (χ0n) is 17.9. The number of aliphatic carboxylic acids is 1. The average Bonchev–Trinajstić information content (AvgIpc) is 3.31. The fraction of sp³-hybridized carbons (Fsp3) is 0.296. The van der Waals surface area contributed by atoms with E-state index in [0.717, 1.165) is 29.9 Å². The molecule has 1 aliphatic heterocycles. The maximum Gasteiger partial charge on any atom is 0.304 e. The Morgan fingerprint density at radius 3 is 2.65 bits per heavy atom. The Bertz CT molecular complexity index is 1140. The molecule has 2 aliphatic rings. The highest BCUT2D eigenvalue weighted by Crippen LogP contribution is 2.42. The van der Waals surface area contributed by atoms with Crippen molar-refractivity contribution < 1.29 is 19.4 Å². The van der Waals surface area contributed by atoms with Crippen LogP contribution in [0.15, 0.2) is 54.6 Å². The Balaban J connectivity index is 1.41. The van der Waals surface area contributed by atoms with Crippen molar-refractivity contribution in [2.75, 3.05) is 6.61 Å². The molecular formula is C27H26O4. The molecule has 3 aromatic rings. The standard InChI is InChI=1S/C27H26O4/c1-16-4-3-5-17(2)27(16)19-7-6-18-8-11-24(23(18)12-19)31-21-9-10-22-20(13-26(28)29)15-30-25(22)14-21/h3-7,9-10,12,14,20,24H,8,11,13,15H2,1-2H3,(H,28,29)/t20-,24?/m1/s1. The minimum atomic E-state index is -0.802. The molecule has 5 rings (SSSR count). The highest BCUT2D eigenvalue weighted by molar-refractivity contribution is 5.72. The van der Waals surface area contributed by atoms with E-state index in [-0.39, 0.29) is 18.4 Å². The van der Waals surface area contributed by atoms with E-state index >= 15 is 0 Å². The first kappa shape index (κ1) is 19.7. The molecule has 2 atom stereocenters. The molecule has 0 saturated carbocycles. The van der Waals surface area contributed by atoms with E-state index in [9.17, 15) is 4.79 Å². The summed E-state index contributed by atoms with van der Waals surface area (Å²) >= 11 is 0. The van der Waals surface area contributed by atoms with E-state index in [4.69, 9.17) is 14.6 Å². The third-order valence-corrected chi connectivity index (χ3v) is 6.50. The van der Waals surface area contributed by atoms with Gasteiger partial charge in [0.05, 0.1) is 13.0 Å². The lowest BCUT2D eigenvalue weighted by Gasteiger charge is -2.17. The minimum absolute atomic E-state index is 0.00791. The van der Waals surface area contributed by atoms with Gasteiger partial charge in [0.1, 0.15) is 17.6 Å². The molecule has 158 valence electrons. The van der Waals surface area contributed by atoms with Crippen molar-refractivity contribution in [3.8, 4) is 22.6 Å². The Hall–Kier alpha value is -3.27. The highest BCUT2D eigenvalue weighted by atomic mass is 16.5. The molecule has 0 spiro atoms. The number of rotatable bonds is 5. The smallest absolute Gasteiger partial charge is 0.304 e. The second-order valence-corrected chi connectivity index (χ2v) is 8.63. The van der Waals surface area contributed by atoms with E-state index in [1.54, 1.807) is 0 Å². The van der Waals surface area contributed by atoms with E-state index < -0.39 is 5.97 Å². The normalized spacial score (nSPS) is 18.9. The van der Waals surface area contributed by atoms with Gasteiger partial charge in [-0.25, -0.2) is 0 Å². The van der Waals surface area contributed by atoms with Crippen molar-refractivity contribution in [2.45, 2.75) is 45.1 Å². The Morgan fingerprint density at radius 1 is 1.06 bits per heavy atom. The lowest BCUT2D eigenvalue weighted by molar-refractivity contribution is -0.137. The molecule has 3 aromatic carbocycles. The molecule has 1 aliphatic carbocycles. The van der Waals surface area contributed by atoms with Crippen LogP contribution in [0.2, 0.25) is 0 Å². The van der Waals surface area contributed by atoms with Crippen molar-refractivity contribution in [1.82, 2.24) is 0 Å². The van der Waals surface area contributed by atoms with Crippen LogP contribution in [0.25, 0.3) is 11.1 Å². The number of benzene rings is 3. The van der Waals surface area contributed by atoms with Crippen LogP contribution in [-0.2, 0) is 11.2 Å². The molecule has 0 amide bonds. The maximum absolute atomic E-state index is 11.1. The summed E-state index contributed by atoms with van der Waals surface area (Å²) in [5.74, 6) is 0.619. The van der Waals surface area contributed by atoms with Gasteiger partial charge in [-0.2, -0.15) is 0 Å². The van der Waals surface area contributed by atoms with Gasteiger partial charge in [-0.1, -0.05) is 36.4 Å². The zero-order valence-corrected chi connectivity index (χ0v) is 17.9. The van der Waals surface area contributed by atoms with Gasteiger partial charge in [0.2, 0.25) is 0 Å². The van der Waals surface area contributed by atoms with Crippen LogP contribution in [0.5, 0.6) is 11.5 Å². The molecule has 4 nitrogen and oxygen atoms in total. The van der Waals surface area contributed by atoms with Crippen LogP contribution in [0.3, 0.4) is 0 Å². The first-order valence-corrected chi connectivity index (χ1v) is 10.8. The van der Waals surface area contributed by atoms with E-state index in [0.29, 0.717) is 6.61 Å². The Kier molecular flexibility index (Phi) is 4.93. The fourth-order valence-corrected chi connectivity index (χ4v) is 4.99. The van der Waals surface area contributed by atoms with Gasteiger partial charge in [0.15, 0.2) is 0 Å². The lowest BCUT2D eigenvalue weighted by atomic mass is 9.93. The quantitative estimate of drug-likeness (QED) is 0.557. The first-order chi connectivity index (χ1) is 15.0. The third kappa shape index (κ3) is 3.67. The molecule has 4 heteroatoms. The highest BCUT2D eigenvalue weighted by Gasteiger charge is 2.29. The summed E-state index contributed by atoms with van der Waals surface area (Å²) in [6.07, 6.45) is 2.05. The largest absolute Gasteiger partial charge is 0.492 e. The molecule has 31 heavy (non-hydrogen) atoms. The Labute approximate surface area is 182 Å². The third-order valence-electron chi connectivity index (χ3n) is 6.50. The van der Waals surface area contributed by atoms with Gasteiger partial charge >= 0.3 is 5.97 Å². The predicted octanol–water partition coefficient (Wildman–Crippen LogP) is 5.99. The van der Waals surface area contributed by atoms with Crippen molar-refractivity contribution in [3.63, 3.8) is 0 Å². The van der Waals surface area contributed by atoms with Crippen LogP contribution in [0.1, 0.15) is 52.7 Å². The lowest BCUT2D eigenvalue weighted by Crippen LogP contribution is -2.07. The topological polar surface area (TPSA) is 55.8 Å². The van der Waals surface area contributed by atoms with Crippen LogP contribution in [0.4, 0.5) is 0 Å². The van der Waals surface area contributed by atoms with Crippen molar-refractivity contribution in [3.05, 3.63) is 82.4 Å². The minimum Gasteiger partial charge on any atom is -0.492 e. The summed E-state index contributed by atoms with van der Waals surface area (Å²) in [5, 5.41) is 9.10. The molecule has 0 bridgehead atoms. The molecule has 1 heterocycles. The molecular weight excluding hydrogens is 388 g/mol. The molecule has 0 aromatic heterocycles. The fourth-order valence-electron chi connectivity index (χ4n) is 4.99. The molecule has 0 saturated heterocycles. The number of hydrogen-bond donors (Lipinski definition) is 1. The second kappa shape index (κ2) is 7.77. The van der Waals surface area contributed by atoms with Crippen molar-refractivity contribution >= 4 is 5.97 Å². The van der Waals surface area contributed by atoms with Gasteiger partial charge in [-0.3, -0.25) is 4.79 Å². The van der Waals surface area contributed by atoms with Crippen LogP contribution >= 0.6 is 0 Å². The summed E-state index contributed by atoms with van der Waals surface area (Å²) in [6.45, 7) is 4.73. The summed E-state index contributed by atoms with van der Waals surface area (Å²) in [5.41, 5.74) is 8.65. The average molecular weight is 415 g/mol. The summed E-state index contributed by atoms with van der Waals surface area (Å²) in [7, 11) is 0. The van der Waals surface area contributed by atoms with Gasteiger partial charge in [-0.15, -0.1) is 0 Å². The number of carbonyl (C=O) groups is 1. The number of aryl methyl sites for hydroxylation is 3. The van der Waals surface area contributed by atoms with Crippen molar-refractivity contribution in [1.29, 1.82) is 0 Å². The van der Waals surface area contributed by atoms with Crippen LogP contribution in [-0.4, -0.2) is 17.7 Å². The summed E-state index contributed by atoms with van der Waals surface area (Å²) in [4.78, 5) is 11.1. The van der Waals surface area contributed by atoms with Gasteiger partial charge < -0.3 is 14.6 Å². The number of carboxylic acid groups (broad SMARTS) is 1. The maximum atomic E-state index is 11.1. The summed E-state index contributed by atoms with van der Waals surface area (Å²) < 4.78 is 12.1.